The van der Waals surface area contributed by atoms with Gasteiger partial charge in [-0.1, -0.05) is 13.0 Å². The maximum Gasteiger partial charge on any atom is 0.165 e. The Hall–Kier alpha value is -1.13. The summed E-state index contributed by atoms with van der Waals surface area (Å²) in [4.78, 5) is 0. The molecule has 2 unspecified atom stereocenters. The lowest BCUT2D eigenvalue weighted by molar-refractivity contribution is 0.165. The number of ether oxygens (including phenoxy) is 2. The molecule has 2 N–H and O–H groups in total. The van der Waals surface area contributed by atoms with Crippen LogP contribution in [0.5, 0.6) is 5.75 Å². The third-order valence-corrected chi connectivity index (χ3v) is 3.52. The Kier molecular flexibility index (Phi) is 5.16. The summed E-state index contributed by atoms with van der Waals surface area (Å²) in [6.45, 7) is 4.04. The van der Waals surface area contributed by atoms with E-state index >= 15 is 0 Å². The van der Waals surface area contributed by atoms with E-state index < -0.39 is 0 Å². The maximum atomic E-state index is 13.9. The van der Waals surface area contributed by atoms with Crippen molar-refractivity contribution in [1.82, 2.24) is 0 Å². The van der Waals surface area contributed by atoms with Crippen LogP contribution in [-0.4, -0.2) is 25.9 Å². The van der Waals surface area contributed by atoms with Crippen molar-refractivity contribution in [2.45, 2.75) is 32.2 Å². The minimum atomic E-state index is -0.306. The third kappa shape index (κ3) is 4.18. The molecule has 2 rings (SSSR count). The summed E-state index contributed by atoms with van der Waals surface area (Å²) in [7, 11) is 0. The van der Waals surface area contributed by atoms with Crippen LogP contribution in [0.1, 0.15) is 25.3 Å². The van der Waals surface area contributed by atoms with Gasteiger partial charge in [-0.25, -0.2) is 4.39 Å². The number of rotatable bonds is 6. The van der Waals surface area contributed by atoms with Crippen molar-refractivity contribution in [1.29, 1.82) is 0 Å². The highest BCUT2D eigenvalue weighted by Gasteiger charge is 2.17. The van der Waals surface area contributed by atoms with Crippen LogP contribution >= 0.6 is 0 Å². The van der Waals surface area contributed by atoms with Gasteiger partial charge in [0.2, 0.25) is 0 Å². The van der Waals surface area contributed by atoms with Gasteiger partial charge in [-0.15, -0.1) is 0 Å². The fraction of sp³-hybridized carbons (Fsp3) is 0.600. The van der Waals surface area contributed by atoms with E-state index in [9.17, 15) is 4.39 Å². The topological polar surface area (TPSA) is 44.5 Å². The zero-order chi connectivity index (χ0) is 13.7. The number of hydrogen-bond donors (Lipinski definition) is 1. The average Bonchev–Trinajstić information content (AvgIpc) is 2.91. The molecule has 106 valence electrons. The second kappa shape index (κ2) is 6.87. The molecule has 1 aliphatic rings. The van der Waals surface area contributed by atoms with Crippen molar-refractivity contribution in [3.63, 3.8) is 0 Å². The molecule has 4 heteroatoms. The van der Waals surface area contributed by atoms with Gasteiger partial charge in [0.1, 0.15) is 0 Å². The highest BCUT2D eigenvalue weighted by atomic mass is 19.1. The Labute approximate surface area is 113 Å². The van der Waals surface area contributed by atoms with Gasteiger partial charge in [-0.2, -0.15) is 0 Å². The lowest BCUT2D eigenvalue weighted by atomic mass is 10.0. The van der Waals surface area contributed by atoms with Gasteiger partial charge in [0.15, 0.2) is 11.6 Å². The standard InChI is InChI=1S/C15H22FNO2/c1-2-13(17)7-11-3-4-15(14(16)8-11)19-10-12-5-6-18-9-12/h3-4,8,12-13H,2,5-7,9-10,17H2,1H3. The van der Waals surface area contributed by atoms with E-state index in [0.29, 0.717) is 31.3 Å². The zero-order valence-corrected chi connectivity index (χ0v) is 11.4. The summed E-state index contributed by atoms with van der Waals surface area (Å²) >= 11 is 0. The van der Waals surface area contributed by atoms with Crippen LogP contribution in [0.2, 0.25) is 0 Å². The van der Waals surface area contributed by atoms with Crippen molar-refractivity contribution in [2.75, 3.05) is 19.8 Å². The first kappa shape index (κ1) is 14.3. The molecule has 0 aliphatic carbocycles. The van der Waals surface area contributed by atoms with Gasteiger partial charge >= 0.3 is 0 Å². The van der Waals surface area contributed by atoms with E-state index in [2.05, 4.69) is 0 Å². The van der Waals surface area contributed by atoms with Crippen LogP contribution < -0.4 is 10.5 Å². The fourth-order valence-electron chi connectivity index (χ4n) is 2.16. The Morgan fingerprint density at radius 3 is 3.00 bits per heavy atom. The molecule has 3 nitrogen and oxygen atoms in total. The molecule has 0 radical (unpaired) electrons. The van der Waals surface area contributed by atoms with Crippen molar-refractivity contribution in [3.05, 3.63) is 29.6 Å². The van der Waals surface area contributed by atoms with Crippen LogP contribution in [0.15, 0.2) is 18.2 Å². The van der Waals surface area contributed by atoms with E-state index in [1.165, 1.54) is 6.07 Å². The predicted octanol–water partition coefficient (Wildman–Crippen LogP) is 2.52. The summed E-state index contributed by atoms with van der Waals surface area (Å²) in [5, 5.41) is 0. The van der Waals surface area contributed by atoms with E-state index in [-0.39, 0.29) is 11.9 Å². The highest BCUT2D eigenvalue weighted by molar-refractivity contribution is 5.29. The van der Waals surface area contributed by atoms with Crippen molar-refractivity contribution >= 4 is 0 Å². The minimum absolute atomic E-state index is 0.0850. The lowest BCUT2D eigenvalue weighted by Crippen LogP contribution is -2.21. The molecule has 1 heterocycles. The molecule has 0 spiro atoms. The lowest BCUT2D eigenvalue weighted by Gasteiger charge is -2.13. The average molecular weight is 267 g/mol. The van der Waals surface area contributed by atoms with E-state index in [1.54, 1.807) is 6.07 Å². The highest BCUT2D eigenvalue weighted by Crippen LogP contribution is 2.21. The Morgan fingerprint density at radius 1 is 1.53 bits per heavy atom. The normalized spacial score (nSPS) is 20.5. The smallest absolute Gasteiger partial charge is 0.165 e. The summed E-state index contributed by atoms with van der Waals surface area (Å²) in [6.07, 6.45) is 2.58. The molecule has 2 atom stereocenters. The summed E-state index contributed by atoms with van der Waals surface area (Å²) in [5.41, 5.74) is 6.79. The van der Waals surface area contributed by atoms with Crippen LogP contribution in [0.3, 0.4) is 0 Å². The van der Waals surface area contributed by atoms with E-state index in [4.69, 9.17) is 15.2 Å². The summed E-state index contributed by atoms with van der Waals surface area (Å²) in [5.74, 6) is 0.396. The van der Waals surface area contributed by atoms with Crippen molar-refractivity contribution in [2.24, 2.45) is 11.7 Å². The predicted molar refractivity (Wildman–Crippen MR) is 72.8 cm³/mol. The van der Waals surface area contributed by atoms with Crippen molar-refractivity contribution < 1.29 is 13.9 Å². The molecule has 0 amide bonds. The van der Waals surface area contributed by atoms with Crippen LogP contribution in [0.25, 0.3) is 0 Å². The van der Waals surface area contributed by atoms with Gasteiger partial charge in [-0.3, -0.25) is 0 Å². The Morgan fingerprint density at radius 2 is 2.37 bits per heavy atom. The molecule has 0 aromatic heterocycles. The van der Waals surface area contributed by atoms with Gasteiger partial charge in [-0.05, 0) is 37.0 Å². The third-order valence-electron chi connectivity index (χ3n) is 3.52. The van der Waals surface area contributed by atoms with Crippen LogP contribution in [0.4, 0.5) is 4.39 Å². The molecular weight excluding hydrogens is 245 g/mol. The van der Waals surface area contributed by atoms with Gasteiger partial charge in [0, 0.05) is 18.6 Å². The largest absolute Gasteiger partial charge is 0.490 e. The molecule has 0 saturated carbocycles. The Balaban J connectivity index is 1.90. The van der Waals surface area contributed by atoms with Gasteiger partial charge in [0.25, 0.3) is 0 Å². The zero-order valence-electron chi connectivity index (χ0n) is 11.4. The number of benzene rings is 1. The number of halogens is 1. The quantitative estimate of drug-likeness (QED) is 0.861. The fourth-order valence-corrected chi connectivity index (χ4v) is 2.16. The SMILES string of the molecule is CCC(N)Cc1ccc(OCC2CCOC2)c(F)c1. The van der Waals surface area contributed by atoms with Crippen LogP contribution in [0, 0.1) is 11.7 Å². The number of hydrogen-bond acceptors (Lipinski definition) is 3. The van der Waals surface area contributed by atoms with E-state index in [0.717, 1.165) is 25.0 Å². The van der Waals surface area contributed by atoms with Gasteiger partial charge in [0.05, 0.1) is 13.2 Å². The van der Waals surface area contributed by atoms with E-state index in [1.807, 2.05) is 13.0 Å². The van der Waals surface area contributed by atoms with Gasteiger partial charge < -0.3 is 15.2 Å². The van der Waals surface area contributed by atoms with Crippen LogP contribution in [-0.2, 0) is 11.2 Å². The molecule has 1 aromatic rings. The molecule has 1 saturated heterocycles. The monoisotopic (exact) mass is 267 g/mol. The van der Waals surface area contributed by atoms with Crippen molar-refractivity contribution in [3.8, 4) is 5.75 Å². The summed E-state index contributed by atoms with van der Waals surface area (Å²) < 4.78 is 24.7. The second-order valence-corrected chi connectivity index (χ2v) is 5.18. The first-order valence-corrected chi connectivity index (χ1v) is 6.93. The molecule has 1 fully saturated rings. The molecule has 1 aromatic carbocycles. The molecule has 0 bridgehead atoms. The molecule has 19 heavy (non-hydrogen) atoms. The molecular formula is C15H22FNO2. The second-order valence-electron chi connectivity index (χ2n) is 5.18. The maximum absolute atomic E-state index is 13.9. The first-order valence-electron chi connectivity index (χ1n) is 6.93. The Bertz CT molecular complexity index is 405. The first-order chi connectivity index (χ1) is 9.19. The number of nitrogens with two attached hydrogens (primary N) is 1. The minimum Gasteiger partial charge on any atom is -0.490 e. The molecule has 1 aliphatic heterocycles. The summed E-state index contributed by atoms with van der Waals surface area (Å²) in [6, 6.07) is 5.19.